The summed E-state index contributed by atoms with van der Waals surface area (Å²) in [6.07, 6.45) is 4.19. The number of hydrogen-bond acceptors (Lipinski definition) is 7. The Labute approximate surface area is 170 Å². The van der Waals surface area contributed by atoms with Gasteiger partial charge in [0.15, 0.2) is 5.16 Å². The van der Waals surface area contributed by atoms with Crippen LogP contribution >= 0.6 is 23.5 Å². The highest BCUT2D eigenvalue weighted by atomic mass is 32.2. The van der Waals surface area contributed by atoms with Gasteiger partial charge in [0.25, 0.3) is 5.91 Å². The number of carboxylic acid groups (broad SMARTS) is 1. The summed E-state index contributed by atoms with van der Waals surface area (Å²) in [5.41, 5.74) is 1.59. The zero-order valence-corrected chi connectivity index (χ0v) is 17.1. The van der Waals surface area contributed by atoms with Crippen molar-refractivity contribution in [3.05, 3.63) is 29.2 Å². The van der Waals surface area contributed by atoms with Gasteiger partial charge in [0.1, 0.15) is 17.1 Å². The number of hydrogen-bond donors (Lipinski definition) is 3. The maximum absolute atomic E-state index is 12.5. The number of fused-ring (bicyclic) bond motifs is 1. The van der Waals surface area contributed by atoms with Crippen molar-refractivity contribution in [2.75, 3.05) is 18.1 Å². The minimum absolute atomic E-state index is 0.000350. The van der Waals surface area contributed by atoms with Crippen LogP contribution in [0.15, 0.2) is 28.8 Å². The Bertz CT molecular complexity index is 814. The van der Waals surface area contributed by atoms with E-state index in [1.807, 2.05) is 13.8 Å². The number of carboxylic acids is 1. The van der Waals surface area contributed by atoms with E-state index in [1.54, 1.807) is 12.4 Å². The molecular weight excluding hydrogens is 402 g/mol. The lowest BCUT2D eigenvalue weighted by atomic mass is 10.0. The molecule has 3 rings (SSSR count). The maximum Gasteiger partial charge on any atom is 0.352 e. The van der Waals surface area contributed by atoms with Crippen molar-refractivity contribution in [3.63, 3.8) is 0 Å². The maximum atomic E-state index is 12.5. The summed E-state index contributed by atoms with van der Waals surface area (Å²) in [7, 11) is 0. The molecule has 150 valence electrons. The third-order valence-electron chi connectivity index (χ3n) is 4.20. The quantitative estimate of drug-likeness (QED) is 0.340. The second kappa shape index (κ2) is 8.82. The lowest BCUT2D eigenvalue weighted by Gasteiger charge is -2.49. The first-order valence-corrected chi connectivity index (χ1v) is 10.8. The van der Waals surface area contributed by atoms with Crippen molar-refractivity contribution in [1.82, 2.24) is 25.5 Å². The number of amides is 3. The molecule has 1 aromatic heterocycles. The van der Waals surface area contributed by atoms with Crippen molar-refractivity contribution in [1.29, 1.82) is 0 Å². The summed E-state index contributed by atoms with van der Waals surface area (Å²) in [6.45, 7) is 4.33. The van der Waals surface area contributed by atoms with Crippen molar-refractivity contribution >= 4 is 41.4 Å². The van der Waals surface area contributed by atoms with Crippen molar-refractivity contribution < 1.29 is 19.5 Å². The molecule has 1 aromatic rings. The average molecular weight is 424 g/mol. The van der Waals surface area contributed by atoms with Gasteiger partial charge in [-0.25, -0.2) is 19.6 Å². The smallest absolute Gasteiger partial charge is 0.352 e. The molecule has 0 saturated carbocycles. The van der Waals surface area contributed by atoms with Gasteiger partial charge in [-0.2, -0.15) is 0 Å². The lowest BCUT2D eigenvalue weighted by Crippen LogP contribution is -2.71. The number of carbonyl (C=O) groups is 3. The molecule has 2 aliphatic heterocycles. The molecule has 0 aromatic carbocycles. The van der Waals surface area contributed by atoms with Gasteiger partial charge >= 0.3 is 12.0 Å². The molecule has 2 atom stereocenters. The Balaban J connectivity index is 1.69. The van der Waals surface area contributed by atoms with Crippen LogP contribution in [0.1, 0.15) is 18.9 Å². The monoisotopic (exact) mass is 423 g/mol. The largest absolute Gasteiger partial charge is 0.477 e. The van der Waals surface area contributed by atoms with E-state index in [-0.39, 0.29) is 5.70 Å². The summed E-state index contributed by atoms with van der Waals surface area (Å²) in [6, 6.07) is -1.13. The van der Waals surface area contributed by atoms with E-state index in [9.17, 15) is 19.5 Å². The van der Waals surface area contributed by atoms with E-state index in [0.717, 1.165) is 12.0 Å². The Morgan fingerprint density at radius 2 is 2.11 bits per heavy atom. The highest BCUT2D eigenvalue weighted by molar-refractivity contribution is 8.01. The van der Waals surface area contributed by atoms with E-state index in [1.165, 1.54) is 28.4 Å². The topological polar surface area (TPSA) is 125 Å². The minimum Gasteiger partial charge on any atom is -0.477 e. The highest BCUT2D eigenvalue weighted by Crippen LogP contribution is 2.41. The zero-order chi connectivity index (χ0) is 20.3. The Kier molecular flexibility index (Phi) is 6.45. The normalized spacial score (nSPS) is 21.1. The second-order valence-corrected chi connectivity index (χ2v) is 8.42. The van der Waals surface area contributed by atoms with Crippen LogP contribution in [0, 0.1) is 6.92 Å². The molecule has 1 unspecified atom stereocenters. The predicted molar refractivity (Wildman–Crippen MR) is 106 cm³/mol. The molecule has 3 N–H and O–H groups in total. The van der Waals surface area contributed by atoms with Crippen LogP contribution in [0.4, 0.5) is 4.79 Å². The van der Waals surface area contributed by atoms with E-state index >= 15 is 0 Å². The van der Waals surface area contributed by atoms with Gasteiger partial charge in [-0.05, 0) is 24.5 Å². The third kappa shape index (κ3) is 4.25. The van der Waals surface area contributed by atoms with Gasteiger partial charge < -0.3 is 15.7 Å². The predicted octanol–water partition coefficient (Wildman–Crippen LogP) is 1.21. The van der Waals surface area contributed by atoms with Crippen molar-refractivity contribution in [3.8, 4) is 0 Å². The van der Waals surface area contributed by atoms with Gasteiger partial charge in [0.05, 0.1) is 0 Å². The zero-order valence-electron chi connectivity index (χ0n) is 15.5. The summed E-state index contributed by atoms with van der Waals surface area (Å²) >= 11 is 2.78. The molecule has 2 aliphatic rings. The van der Waals surface area contributed by atoms with Gasteiger partial charge in [-0.1, -0.05) is 18.7 Å². The number of nitrogens with one attached hydrogen (secondary N) is 2. The number of nitrogens with zero attached hydrogens (tertiary/aromatic N) is 3. The number of aromatic nitrogens is 2. The fraction of sp³-hybridized carbons (Fsp3) is 0.471. The molecule has 0 radical (unpaired) electrons. The van der Waals surface area contributed by atoms with E-state index in [2.05, 4.69) is 20.6 Å². The molecule has 11 heteroatoms. The molecule has 1 fully saturated rings. The van der Waals surface area contributed by atoms with Crippen molar-refractivity contribution in [2.45, 2.75) is 36.8 Å². The lowest BCUT2D eigenvalue weighted by molar-refractivity contribution is -0.148. The van der Waals surface area contributed by atoms with Gasteiger partial charge in [0.2, 0.25) is 0 Å². The summed E-state index contributed by atoms with van der Waals surface area (Å²) in [4.78, 5) is 45.9. The number of carbonyl (C=O) groups excluding carboxylic acids is 2. The van der Waals surface area contributed by atoms with Crippen LogP contribution < -0.4 is 10.6 Å². The average Bonchev–Trinajstić information content (AvgIpc) is 2.69. The van der Waals surface area contributed by atoms with Gasteiger partial charge in [-0.3, -0.25) is 9.69 Å². The first-order chi connectivity index (χ1) is 13.4. The molecule has 9 nitrogen and oxygen atoms in total. The first-order valence-electron chi connectivity index (χ1n) is 8.78. The number of rotatable bonds is 7. The third-order valence-corrected chi connectivity index (χ3v) is 6.51. The number of β-lactam (4-membered cyclic amide) rings is 1. The fourth-order valence-corrected chi connectivity index (χ4v) is 5.10. The first kappa shape index (κ1) is 20.5. The van der Waals surface area contributed by atoms with E-state index in [0.29, 0.717) is 28.8 Å². The summed E-state index contributed by atoms with van der Waals surface area (Å²) < 4.78 is 0. The van der Waals surface area contributed by atoms with Crippen molar-refractivity contribution in [2.24, 2.45) is 0 Å². The van der Waals surface area contributed by atoms with Crippen LogP contribution in [0.5, 0.6) is 0 Å². The molecule has 3 amide bonds. The fourth-order valence-electron chi connectivity index (χ4n) is 2.83. The molecule has 0 spiro atoms. The van der Waals surface area contributed by atoms with Crippen LogP contribution in [0.2, 0.25) is 0 Å². The number of thioether (sulfide) groups is 2. The highest BCUT2D eigenvalue weighted by Gasteiger charge is 2.54. The Hall–Kier alpha value is -2.27. The molecule has 0 bridgehead atoms. The second-order valence-electron chi connectivity index (χ2n) is 6.38. The van der Waals surface area contributed by atoms with Gasteiger partial charge in [-0.15, -0.1) is 11.8 Å². The van der Waals surface area contributed by atoms with Crippen LogP contribution in [0.3, 0.4) is 0 Å². The van der Waals surface area contributed by atoms with E-state index < -0.39 is 29.3 Å². The molecule has 3 heterocycles. The van der Waals surface area contributed by atoms with Crippen LogP contribution in [-0.4, -0.2) is 67.3 Å². The summed E-state index contributed by atoms with van der Waals surface area (Å²) in [5, 5.41) is 15.1. The summed E-state index contributed by atoms with van der Waals surface area (Å²) in [5.74, 6) is -0.712. The standard InChI is InChI=1S/C17H21N5O4S2/c1-3-4-18-16(26)21-11-13(23)22-12(15(24)25)10(7-27-14(11)22)8-28-17-19-5-9(2)6-20-17/h5-6,11,14H,3-4,7-8H2,1-2H3,(H,24,25)(H2,18,21,26)/t11?,14-/m0/s1. The van der Waals surface area contributed by atoms with E-state index in [4.69, 9.17) is 0 Å². The Morgan fingerprint density at radius 1 is 1.39 bits per heavy atom. The van der Waals surface area contributed by atoms with Crippen LogP contribution in [-0.2, 0) is 9.59 Å². The number of urea groups is 1. The number of aryl methyl sites for hydroxylation is 1. The van der Waals surface area contributed by atoms with Crippen LogP contribution in [0.25, 0.3) is 0 Å². The number of aliphatic carboxylic acids is 1. The molecular formula is C17H21N5O4S2. The molecule has 0 aliphatic carbocycles. The Morgan fingerprint density at radius 3 is 2.75 bits per heavy atom. The molecule has 1 saturated heterocycles. The van der Waals surface area contributed by atoms with Gasteiger partial charge in [0, 0.05) is 30.4 Å². The molecule has 28 heavy (non-hydrogen) atoms. The minimum atomic E-state index is -1.15. The SMILES string of the molecule is CCCNC(=O)NC1C(=O)N2C(C(=O)O)=C(CSc3ncc(C)cn3)CS[C@@H]12.